The quantitative estimate of drug-likeness (QED) is 0.179. The van der Waals surface area contributed by atoms with E-state index in [1.54, 1.807) is 0 Å². The normalized spacial score (nSPS) is 20.0. The Morgan fingerprint density at radius 2 is 1.80 bits per heavy atom. The first kappa shape index (κ1) is 28.5. The van der Waals surface area contributed by atoms with Crippen LogP contribution in [0, 0.1) is 0 Å². The molecule has 5 N–H and O–H groups in total. The third kappa shape index (κ3) is 6.29. The van der Waals surface area contributed by atoms with E-state index in [-0.39, 0.29) is 122 Å². The second-order valence-electron chi connectivity index (χ2n) is 6.15. The molecule has 2 aliphatic carbocycles. The molecule has 1 atom stereocenters. The van der Waals surface area contributed by atoms with Crippen LogP contribution in [0.15, 0.2) is 58.7 Å². The molecule has 3 rings (SSSR count). The average molecular weight is 507 g/mol. The molecule has 0 saturated carbocycles. The summed E-state index contributed by atoms with van der Waals surface area (Å²) in [6.45, 7) is 0. The number of nitrogen functional groups attached to an aromatic ring is 1. The maximum atomic E-state index is 12.5. The third-order valence-corrected chi connectivity index (χ3v) is 6.12. The Balaban J connectivity index is 0. The van der Waals surface area contributed by atoms with Crippen molar-refractivity contribution >= 4 is 37.5 Å². The summed E-state index contributed by atoms with van der Waals surface area (Å²) in [7, 11) is -7.97. The molecule has 0 bridgehead atoms. The molecule has 30 heavy (non-hydrogen) atoms. The van der Waals surface area contributed by atoms with Gasteiger partial charge in [0.15, 0.2) is 5.69 Å². The summed E-state index contributed by atoms with van der Waals surface area (Å²) in [5.74, 6) is -0.450. The number of H-pyrrole nitrogens is 1. The van der Waals surface area contributed by atoms with E-state index < -0.39 is 36.3 Å². The van der Waals surface area contributed by atoms with Crippen molar-refractivity contribution in [3.8, 4) is 0 Å². The van der Waals surface area contributed by atoms with Crippen molar-refractivity contribution in [2.45, 2.75) is 5.25 Å². The predicted octanol–water partition coefficient (Wildman–Crippen LogP) is -5.48. The predicted molar refractivity (Wildman–Crippen MR) is 103 cm³/mol. The van der Waals surface area contributed by atoms with Gasteiger partial charge in [-0.15, -0.1) is 0 Å². The molecule has 1 aromatic rings. The number of hydrogen-bond acceptors (Lipinski definition) is 6. The van der Waals surface area contributed by atoms with Crippen molar-refractivity contribution in [1.82, 2.24) is 4.98 Å². The van der Waals surface area contributed by atoms with Gasteiger partial charge < -0.3 is 13.6 Å². The van der Waals surface area contributed by atoms with Crippen molar-refractivity contribution in [3.05, 3.63) is 64.4 Å². The Kier molecular flexibility index (Phi) is 10.1. The molecular formula is C16H18K2N3O7S2+. The van der Waals surface area contributed by atoms with Crippen molar-refractivity contribution in [1.29, 1.82) is 0 Å². The number of nitrogens with one attached hydrogen (secondary N) is 1. The van der Waals surface area contributed by atoms with Crippen LogP contribution in [0.3, 0.4) is 0 Å². The number of anilines is 1. The molecule has 0 aliphatic heterocycles. The SMILES string of the molecule is C[N+](C(=O)c1cc(N)c[nH]1)=C1C=CC2=CC(S(=O)(=O)O)=CC(S(=O)(=O)O)C2=C1.[H-].[H-].[K+].[K+]. The summed E-state index contributed by atoms with van der Waals surface area (Å²) < 4.78 is 66.4. The standard InChI is InChI=1S/C16H15N3O7S2.2K.2H/c1-19(16(20)14-5-10(17)8-18-14)11-3-2-9-4-12(27(21,22)23)7-15(13(9)6-11)28(24,25)26;;;;/h2-8,15H,17H2,1H3,(H2-,18,20,21,22,23,24,25,26);;;;/q;2*+1;2*-1/p+1. The van der Waals surface area contributed by atoms with Crippen molar-refractivity contribution in [3.63, 3.8) is 0 Å². The number of aromatic nitrogens is 1. The molecule has 1 aromatic heterocycles. The number of carbonyl (C=O) groups is 1. The molecule has 0 saturated heterocycles. The van der Waals surface area contributed by atoms with E-state index in [1.807, 2.05) is 0 Å². The van der Waals surface area contributed by atoms with Gasteiger partial charge >= 0.3 is 109 Å². The molecule has 0 radical (unpaired) electrons. The Bertz CT molecular complexity index is 1260. The first-order valence-corrected chi connectivity index (χ1v) is 10.7. The van der Waals surface area contributed by atoms with Gasteiger partial charge in [-0.3, -0.25) is 9.11 Å². The van der Waals surface area contributed by atoms with E-state index in [1.165, 1.54) is 42.1 Å². The van der Waals surface area contributed by atoms with Crippen LogP contribution < -0.4 is 109 Å². The largest absolute Gasteiger partial charge is 1.00 e. The number of rotatable bonds is 3. The van der Waals surface area contributed by atoms with Crippen LogP contribution in [0.2, 0.25) is 0 Å². The van der Waals surface area contributed by atoms with Gasteiger partial charge in [0.25, 0.3) is 20.2 Å². The summed E-state index contributed by atoms with van der Waals surface area (Å²) in [5, 5.41) is -1.73. The molecule has 0 fully saturated rings. The van der Waals surface area contributed by atoms with Gasteiger partial charge in [-0.05, 0) is 35.4 Å². The van der Waals surface area contributed by atoms with Gasteiger partial charge in [-0.2, -0.15) is 21.4 Å². The number of amides is 1. The Morgan fingerprint density at radius 1 is 1.17 bits per heavy atom. The summed E-state index contributed by atoms with van der Waals surface area (Å²) in [4.78, 5) is 14.6. The molecular weight excluding hydrogens is 489 g/mol. The minimum atomic E-state index is -4.74. The van der Waals surface area contributed by atoms with Crippen LogP contribution in [0.5, 0.6) is 0 Å². The number of nitrogens with zero attached hydrogens (tertiary/aromatic N) is 1. The van der Waals surface area contributed by atoms with Crippen LogP contribution in [0.1, 0.15) is 13.3 Å². The first-order valence-electron chi connectivity index (χ1n) is 7.74. The molecule has 14 heteroatoms. The Labute approximate surface area is 261 Å². The van der Waals surface area contributed by atoms with Gasteiger partial charge in [0.05, 0.1) is 10.6 Å². The van der Waals surface area contributed by atoms with E-state index in [0.717, 1.165) is 12.2 Å². The summed E-state index contributed by atoms with van der Waals surface area (Å²) in [6, 6.07) is 1.44. The number of nitrogens with two attached hydrogens (primary N) is 1. The van der Waals surface area contributed by atoms with Crippen molar-refractivity contribution < 1.29 is 141 Å². The van der Waals surface area contributed by atoms with Crippen LogP contribution in [-0.4, -0.2) is 59.4 Å². The molecule has 1 unspecified atom stereocenters. The van der Waals surface area contributed by atoms with Crippen LogP contribution in [0.25, 0.3) is 0 Å². The van der Waals surface area contributed by atoms with E-state index in [4.69, 9.17) is 5.73 Å². The second-order valence-corrected chi connectivity index (χ2v) is 9.11. The van der Waals surface area contributed by atoms with Crippen molar-refractivity contribution in [2.24, 2.45) is 0 Å². The molecule has 0 spiro atoms. The van der Waals surface area contributed by atoms with Gasteiger partial charge in [-0.25, -0.2) is 4.79 Å². The Hall–Kier alpha value is 0.473. The number of aromatic amines is 1. The minimum absolute atomic E-state index is 0. The zero-order valence-electron chi connectivity index (χ0n) is 18.4. The van der Waals surface area contributed by atoms with E-state index in [0.29, 0.717) is 11.4 Å². The first-order chi connectivity index (χ1) is 12.9. The second kappa shape index (κ2) is 10.6. The van der Waals surface area contributed by atoms with E-state index >= 15 is 0 Å². The smallest absolute Gasteiger partial charge is 1.00 e. The summed E-state index contributed by atoms with van der Waals surface area (Å²) in [5.41, 5.74) is 6.67. The van der Waals surface area contributed by atoms with E-state index in [2.05, 4.69) is 4.98 Å². The Morgan fingerprint density at radius 3 is 2.30 bits per heavy atom. The molecule has 1 amide bonds. The number of carbonyl (C=O) groups excluding carboxylic acids is 1. The molecule has 152 valence electrons. The van der Waals surface area contributed by atoms with Gasteiger partial charge in [-0.1, -0.05) is 0 Å². The zero-order chi connectivity index (χ0) is 20.9. The number of hydrogen-bond donors (Lipinski definition) is 4. The van der Waals surface area contributed by atoms with Gasteiger partial charge in [0.2, 0.25) is 5.71 Å². The van der Waals surface area contributed by atoms with E-state index in [9.17, 15) is 30.7 Å². The average Bonchev–Trinajstić information content (AvgIpc) is 3.03. The molecule has 2 aliphatic rings. The fraction of sp³-hybridized carbons (Fsp3) is 0.125. The fourth-order valence-electron chi connectivity index (χ4n) is 2.83. The van der Waals surface area contributed by atoms with Crippen LogP contribution >= 0.6 is 0 Å². The minimum Gasteiger partial charge on any atom is -1.00 e. The summed E-state index contributed by atoms with van der Waals surface area (Å²) >= 11 is 0. The zero-order valence-corrected chi connectivity index (χ0v) is 24.3. The van der Waals surface area contributed by atoms with Gasteiger partial charge in [0.1, 0.15) is 12.3 Å². The third-order valence-electron chi connectivity index (χ3n) is 4.24. The summed E-state index contributed by atoms with van der Waals surface area (Å²) in [6.07, 6.45) is 7.43. The number of allylic oxidation sites excluding steroid dienone is 5. The monoisotopic (exact) mass is 506 g/mol. The molecule has 1 heterocycles. The maximum absolute atomic E-state index is 12.5. The fourth-order valence-corrected chi connectivity index (χ4v) is 4.34. The van der Waals surface area contributed by atoms with Crippen LogP contribution in [-0.2, 0) is 20.2 Å². The van der Waals surface area contributed by atoms with Crippen molar-refractivity contribution in [2.75, 3.05) is 12.8 Å². The molecule has 10 nitrogen and oxygen atoms in total. The van der Waals surface area contributed by atoms with Gasteiger partial charge in [0, 0.05) is 18.3 Å². The topological polar surface area (TPSA) is 171 Å². The maximum Gasteiger partial charge on any atom is 1.00 e. The number of fused-ring (bicyclic) bond motifs is 1. The molecule has 0 aromatic carbocycles. The van der Waals surface area contributed by atoms with Crippen LogP contribution in [0.4, 0.5) is 5.69 Å².